The van der Waals surface area contributed by atoms with Crippen LogP contribution in [0, 0.1) is 11.3 Å². The highest BCUT2D eigenvalue weighted by Crippen LogP contribution is 2.17. The predicted molar refractivity (Wildman–Crippen MR) is 98.6 cm³/mol. The van der Waals surface area contributed by atoms with E-state index in [-0.39, 0.29) is 5.91 Å². The number of halogens is 1. The van der Waals surface area contributed by atoms with Gasteiger partial charge in [0.1, 0.15) is 6.07 Å². The van der Waals surface area contributed by atoms with Crippen molar-refractivity contribution in [2.75, 3.05) is 10.6 Å². The molecular formula is C18H12BrN5O. The van der Waals surface area contributed by atoms with Gasteiger partial charge < -0.3 is 10.6 Å². The number of benzene rings is 2. The molecule has 2 aromatic carbocycles. The molecule has 0 saturated carbocycles. The molecule has 0 unspecified atom stereocenters. The second-order valence-electron chi connectivity index (χ2n) is 5.04. The van der Waals surface area contributed by atoms with Gasteiger partial charge in [-0.3, -0.25) is 4.79 Å². The standard InChI is InChI=1S/C18H12BrN5O/c19-14-5-7-15(8-6-14)23-18-21-10-13(11-22-18)17(25)24-16-4-2-1-3-12(16)9-20/h1-8,10-11H,(H,24,25)(H,21,22,23). The summed E-state index contributed by atoms with van der Waals surface area (Å²) in [6.45, 7) is 0. The Bertz CT molecular complexity index is 933. The van der Waals surface area contributed by atoms with Crippen LogP contribution >= 0.6 is 15.9 Å². The van der Waals surface area contributed by atoms with Gasteiger partial charge in [-0.15, -0.1) is 0 Å². The molecule has 0 aliphatic rings. The number of carbonyl (C=O) groups is 1. The Morgan fingerprint density at radius 1 is 1.04 bits per heavy atom. The molecule has 1 aromatic heterocycles. The van der Waals surface area contributed by atoms with Crippen molar-refractivity contribution in [3.8, 4) is 6.07 Å². The zero-order chi connectivity index (χ0) is 17.6. The van der Waals surface area contributed by atoms with Crippen molar-refractivity contribution >= 4 is 39.2 Å². The van der Waals surface area contributed by atoms with E-state index in [1.54, 1.807) is 24.3 Å². The van der Waals surface area contributed by atoms with Crippen LogP contribution in [0.25, 0.3) is 0 Å². The van der Waals surface area contributed by atoms with Crippen LogP contribution in [0.4, 0.5) is 17.3 Å². The molecule has 6 nitrogen and oxygen atoms in total. The van der Waals surface area contributed by atoms with E-state index < -0.39 is 0 Å². The van der Waals surface area contributed by atoms with Crippen LogP contribution in [0.1, 0.15) is 15.9 Å². The fourth-order valence-electron chi connectivity index (χ4n) is 2.06. The lowest BCUT2D eigenvalue weighted by atomic mass is 10.2. The lowest BCUT2D eigenvalue weighted by Gasteiger charge is -2.08. The van der Waals surface area contributed by atoms with Gasteiger partial charge in [0.2, 0.25) is 5.95 Å². The van der Waals surface area contributed by atoms with Crippen LogP contribution in [0.2, 0.25) is 0 Å². The van der Waals surface area contributed by atoms with Crippen LogP contribution in [0.15, 0.2) is 65.4 Å². The van der Waals surface area contributed by atoms with Gasteiger partial charge in [-0.05, 0) is 36.4 Å². The Kier molecular flexibility index (Phi) is 5.02. The Balaban J connectivity index is 1.70. The van der Waals surface area contributed by atoms with Crippen molar-refractivity contribution in [3.05, 3.63) is 76.5 Å². The number of aromatic nitrogens is 2. The van der Waals surface area contributed by atoms with Crippen molar-refractivity contribution < 1.29 is 4.79 Å². The summed E-state index contributed by atoms with van der Waals surface area (Å²) in [6.07, 6.45) is 2.86. The molecule has 0 aliphatic carbocycles. The third-order valence-electron chi connectivity index (χ3n) is 3.31. The van der Waals surface area contributed by atoms with Crippen LogP contribution in [-0.2, 0) is 0 Å². The lowest BCUT2D eigenvalue weighted by molar-refractivity contribution is 0.102. The van der Waals surface area contributed by atoms with Crippen molar-refractivity contribution in [2.45, 2.75) is 0 Å². The van der Waals surface area contributed by atoms with Crippen LogP contribution < -0.4 is 10.6 Å². The van der Waals surface area contributed by atoms with E-state index in [1.807, 2.05) is 30.3 Å². The molecule has 0 radical (unpaired) electrons. The minimum absolute atomic E-state index is 0.300. The van der Waals surface area contributed by atoms with Gasteiger partial charge >= 0.3 is 0 Å². The molecule has 0 spiro atoms. The summed E-state index contributed by atoms with van der Waals surface area (Å²) in [6, 6.07) is 16.4. The van der Waals surface area contributed by atoms with Crippen LogP contribution in [-0.4, -0.2) is 15.9 Å². The van der Waals surface area contributed by atoms with Crippen LogP contribution in [0.3, 0.4) is 0 Å². The second-order valence-corrected chi connectivity index (χ2v) is 5.95. The number of hydrogen-bond donors (Lipinski definition) is 2. The summed E-state index contributed by atoms with van der Waals surface area (Å²) >= 11 is 3.37. The number of nitrogens with one attached hydrogen (secondary N) is 2. The van der Waals surface area contributed by atoms with E-state index in [0.717, 1.165) is 10.2 Å². The first-order valence-corrected chi connectivity index (χ1v) is 8.10. The van der Waals surface area contributed by atoms with Crippen molar-refractivity contribution in [1.82, 2.24) is 9.97 Å². The molecule has 7 heteroatoms. The number of anilines is 3. The number of amides is 1. The number of para-hydroxylation sites is 1. The maximum atomic E-state index is 12.3. The smallest absolute Gasteiger partial charge is 0.258 e. The van der Waals surface area contributed by atoms with E-state index in [4.69, 9.17) is 5.26 Å². The number of nitriles is 1. The van der Waals surface area contributed by atoms with Gasteiger partial charge in [0.25, 0.3) is 5.91 Å². The molecule has 0 aliphatic heterocycles. The summed E-state index contributed by atoms with van der Waals surface area (Å²) in [7, 11) is 0. The molecule has 122 valence electrons. The highest BCUT2D eigenvalue weighted by atomic mass is 79.9. The minimum Gasteiger partial charge on any atom is -0.324 e. The molecule has 25 heavy (non-hydrogen) atoms. The van der Waals surface area contributed by atoms with E-state index in [9.17, 15) is 4.79 Å². The molecule has 0 saturated heterocycles. The number of nitrogens with zero attached hydrogens (tertiary/aromatic N) is 3. The highest BCUT2D eigenvalue weighted by Gasteiger charge is 2.10. The SMILES string of the molecule is N#Cc1ccccc1NC(=O)c1cnc(Nc2ccc(Br)cc2)nc1. The zero-order valence-corrected chi connectivity index (χ0v) is 14.5. The third-order valence-corrected chi connectivity index (χ3v) is 3.84. The van der Waals surface area contributed by atoms with E-state index in [2.05, 4.69) is 36.5 Å². The molecule has 3 aromatic rings. The maximum absolute atomic E-state index is 12.3. The first-order valence-electron chi connectivity index (χ1n) is 7.31. The molecule has 1 heterocycles. The average molecular weight is 394 g/mol. The predicted octanol–water partition coefficient (Wildman–Crippen LogP) is 4.11. The van der Waals surface area contributed by atoms with Gasteiger partial charge in [0, 0.05) is 22.6 Å². The second kappa shape index (κ2) is 7.55. The van der Waals surface area contributed by atoms with Gasteiger partial charge in [-0.1, -0.05) is 28.1 Å². The summed E-state index contributed by atoms with van der Waals surface area (Å²) in [5.74, 6) is 0.00851. The fourth-order valence-corrected chi connectivity index (χ4v) is 2.32. The van der Waals surface area contributed by atoms with Crippen molar-refractivity contribution in [2.24, 2.45) is 0 Å². The Labute approximate surface area is 152 Å². The molecule has 0 atom stereocenters. The molecule has 1 amide bonds. The number of carbonyl (C=O) groups excluding carboxylic acids is 1. The van der Waals surface area contributed by atoms with Crippen molar-refractivity contribution in [3.63, 3.8) is 0 Å². The minimum atomic E-state index is -0.377. The fraction of sp³-hybridized carbons (Fsp3) is 0. The Morgan fingerprint density at radius 3 is 2.40 bits per heavy atom. The summed E-state index contributed by atoms with van der Waals surface area (Å²) in [5.41, 5.74) is 1.98. The van der Waals surface area contributed by atoms with Crippen LogP contribution in [0.5, 0.6) is 0 Å². The third kappa shape index (κ3) is 4.19. The normalized spacial score (nSPS) is 9.92. The molecule has 3 rings (SSSR count). The largest absolute Gasteiger partial charge is 0.324 e. The lowest BCUT2D eigenvalue weighted by Crippen LogP contribution is -2.14. The first-order chi connectivity index (χ1) is 12.2. The van der Waals surface area contributed by atoms with Crippen molar-refractivity contribution in [1.29, 1.82) is 5.26 Å². The van der Waals surface area contributed by atoms with E-state index >= 15 is 0 Å². The average Bonchev–Trinajstić information content (AvgIpc) is 2.64. The molecule has 2 N–H and O–H groups in total. The molecule has 0 fully saturated rings. The van der Waals surface area contributed by atoms with Gasteiger partial charge in [0.05, 0.1) is 16.8 Å². The van der Waals surface area contributed by atoms with E-state index in [0.29, 0.717) is 22.8 Å². The molecule has 0 bridgehead atoms. The first kappa shape index (κ1) is 16.6. The van der Waals surface area contributed by atoms with Gasteiger partial charge in [-0.2, -0.15) is 5.26 Å². The Morgan fingerprint density at radius 2 is 1.72 bits per heavy atom. The maximum Gasteiger partial charge on any atom is 0.258 e. The topological polar surface area (TPSA) is 90.7 Å². The summed E-state index contributed by atoms with van der Waals surface area (Å²) in [4.78, 5) is 20.5. The quantitative estimate of drug-likeness (QED) is 0.695. The molecular weight excluding hydrogens is 382 g/mol. The van der Waals surface area contributed by atoms with Gasteiger partial charge in [0.15, 0.2) is 0 Å². The number of hydrogen-bond acceptors (Lipinski definition) is 5. The zero-order valence-electron chi connectivity index (χ0n) is 12.9. The number of rotatable bonds is 4. The Hall–Kier alpha value is -3.24. The monoisotopic (exact) mass is 393 g/mol. The van der Waals surface area contributed by atoms with E-state index in [1.165, 1.54) is 12.4 Å². The summed E-state index contributed by atoms with van der Waals surface area (Å²) < 4.78 is 0.976. The van der Waals surface area contributed by atoms with Gasteiger partial charge in [-0.25, -0.2) is 9.97 Å². The highest BCUT2D eigenvalue weighted by molar-refractivity contribution is 9.10. The summed E-state index contributed by atoms with van der Waals surface area (Å²) in [5, 5.41) is 14.8.